The Bertz CT molecular complexity index is 4340. The minimum atomic E-state index is -1.57. The first-order valence-electron chi connectivity index (χ1n) is 45.8. The van der Waals surface area contributed by atoms with Crippen LogP contribution in [0.1, 0.15) is 216 Å². The second-order valence-corrected chi connectivity index (χ2v) is 37.0. The maximum Gasteiger partial charge on any atom is 0.303 e. The SMILES string of the molecule is C[C@@H](C(=O)N(C)[C@@H](Cc1ccccc1)C(=O)N[C@@H](CO)C(=O)N[C@@H](CC1CCCCC1)C(N)=O)N(C)C(=O)C12CCCCCCC(C[C@H](NC(=O)[C@H](CC3CCCCC3)NC(=O)[C@H](CCCN=C(N)N)NC(=O)[C@H](CCCN=C(N)N)NC(=O)[C@H](Cc3ccc(O)cc3)NC(=O)[C@H](Cc3ccc(O)cc3)NC(=O)[C@@H](N)CO)C(=O)N[C@H](CCC(=O)O)C(N)=O)(CCCCC1)SC2. The molecule has 0 spiro atoms. The Morgan fingerprint density at radius 2 is 0.824 bits per heavy atom. The highest BCUT2D eigenvalue weighted by atomic mass is 32.2. The van der Waals surface area contributed by atoms with E-state index in [9.17, 15) is 59.1 Å². The molecule has 4 fully saturated rings. The van der Waals surface area contributed by atoms with Gasteiger partial charge in [-0.05, 0) is 137 Å². The van der Waals surface area contributed by atoms with Crippen LogP contribution in [0.25, 0.3) is 0 Å². The zero-order valence-electron chi connectivity index (χ0n) is 75.6. The smallest absolute Gasteiger partial charge is 0.303 e. The number of carbonyl (C=O) groups excluding carboxylic acids is 13. The lowest BCUT2D eigenvalue weighted by molar-refractivity contribution is -0.151. The predicted octanol–water partition coefficient (Wildman–Crippen LogP) is 0.525. The summed E-state index contributed by atoms with van der Waals surface area (Å²) in [6.07, 6.45) is 12.6. The second kappa shape index (κ2) is 53.8. The molecule has 3 aromatic rings. The molecule has 14 atom stereocenters. The van der Waals surface area contributed by atoms with Crippen molar-refractivity contribution < 1.29 is 92.7 Å². The number of benzene rings is 3. The van der Waals surface area contributed by atoms with Gasteiger partial charge in [0.15, 0.2) is 11.9 Å². The summed E-state index contributed by atoms with van der Waals surface area (Å²) in [6, 6.07) is 2.79. The number of phenols is 2. The fourth-order valence-corrected chi connectivity index (χ4v) is 19.5. The lowest BCUT2D eigenvalue weighted by atomic mass is 9.78. The van der Waals surface area contributed by atoms with Crippen molar-refractivity contribution >= 4 is 106 Å². The van der Waals surface area contributed by atoms with Crippen LogP contribution in [0.5, 0.6) is 11.5 Å². The molecule has 131 heavy (non-hydrogen) atoms. The lowest BCUT2D eigenvalue weighted by Gasteiger charge is -2.43. The Labute approximate surface area is 769 Å². The minimum absolute atomic E-state index is 0.00723. The summed E-state index contributed by atoms with van der Waals surface area (Å²) in [5, 5.41) is 75.1. The van der Waals surface area contributed by atoms with Crippen molar-refractivity contribution in [2.75, 3.05) is 46.2 Å². The highest BCUT2D eigenvalue weighted by molar-refractivity contribution is 8.00. The van der Waals surface area contributed by atoms with Gasteiger partial charge < -0.3 is 123 Å². The molecular weight excluding hydrogens is 1710 g/mol. The molecule has 2 saturated carbocycles. The molecule has 2 heterocycles. The summed E-state index contributed by atoms with van der Waals surface area (Å²) in [5.74, 6) is -12.9. The zero-order chi connectivity index (χ0) is 95.9. The standard InChI is InChI=1S/C91H140N20O19S/c1-55(86(129)111(3)73(50-58-26-14-8-15-27-58)85(128)109-72(53-113)84(127)104-67(76(94)119)46-56-22-10-6-11-23-56)110(2)87(130)90-40-16-4-5-18-42-91(131-54-90,43-19-9-17-41-90)51-71(83(126)101-64(75(93)118)38-39-74(116)117)108-82(125)69(47-57-24-12-7-13-25-57)106-79(122)66(29-21-45-100-89(97)98)102-78(121)65(28-20-44-99-88(95)96)103-80(123)70(49-60-32-36-62(115)37-33-60)107-81(124)68(105-77(120)63(92)52-112)48-59-30-34-61(114)35-31-59/h8,14-15,26-27,30-37,55-57,63-73,112-115H,4-7,9-13,16-25,28-29,38-54,92H2,1-3H3,(H2,93,118)(H2,94,119)(H,101,126)(H,102,121)(H,103,123)(H,104,127)(H,105,120)(H,106,122)(H,107,124)(H,108,125)(H,109,128)(H,116,117)(H4,95,96,99)(H4,97,98,100)/t55-,63-,64+,65-,66-,67-,68-,69-,70-,71-,72-,73-,90?,91?/m0/s1. The number of primary amides is 2. The molecule has 0 radical (unpaired) electrons. The van der Waals surface area contributed by atoms with Gasteiger partial charge in [0.1, 0.15) is 84.0 Å². The van der Waals surface area contributed by atoms with Gasteiger partial charge in [0.2, 0.25) is 76.8 Å². The van der Waals surface area contributed by atoms with Crippen molar-refractivity contribution in [2.45, 2.75) is 296 Å². The maximum absolute atomic E-state index is 16.0. The van der Waals surface area contributed by atoms with E-state index in [1.54, 1.807) is 37.3 Å². The average Bonchev–Trinajstić information content (AvgIpc) is 1.75. The summed E-state index contributed by atoms with van der Waals surface area (Å²) >= 11 is 1.46. The fraction of sp³-hybridized carbons (Fsp3) is 0.626. The number of nitrogens with one attached hydrogen (secondary N) is 9. The van der Waals surface area contributed by atoms with Gasteiger partial charge in [-0.25, -0.2) is 0 Å². The van der Waals surface area contributed by atoms with Crippen LogP contribution in [0, 0.1) is 17.3 Å². The normalized spacial score (nSPS) is 19.5. The monoisotopic (exact) mass is 1850 g/mol. The molecule has 2 saturated heterocycles. The van der Waals surface area contributed by atoms with Gasteiger partial charge in [-0.15, -0.1) is 0 Å². The number of carboxylic acid groups (broad SMARTS) is 1. The van der Waals surface area contributed by atoms with Crippen LogP contribution in [-0.4, -0.2) is 253 Å². The predicted molar refractivity (Wildman–Crippen MR) is 493 cm³/mol. The first-order chi connectivity index (χ1) is 62.4. The summed E-state index contributed by atoms with van der Waals surface area (Å²) in [6.45, 7) is -0.235. The lowest BCUT2D eigenvalue weighted by Crippen LogP contribution is -2.61. The van der Waals surface area contributed by atoms with Gasteiger partial charge in [0.25, 0.3) is 0 Å². The van der Waals surface area contributed by atoms with E-state index in [1.165, 1.54) is 84.2 Å². The number of likely N-dealkylation sites (N-methyl/N-ethyl adjacent to an activating group) is 2. The molecule has 3 aromatic carbocycles. The number of hydrogen-bond acceptors (Lipinski definition) is 22. The Morgan fingerprint density at radius 3 is 1.30 bits per heavy atom. The largest absolute Gasteiger partial charge is 0.508 e. The van der Waals surface area contributed by atoms with E-state index in [4.69, 9.17) is 40.1 Å². The van der Waals surface area contributed by atoms with Crippen molar-refractivity contribution in [1.29, 1.82) is 0 Å². The third-order valence-electron chi connectivity index (χ3n) is 25.5. The number of amides is 13. The quantitative estimate of drug-likeness (QED) is 0.0208. The van der Waals surface area contributed by atoms with Gasteiger partial charge in [-0.1, -0.05) is 164 Å². The number of rotatable bonds is 49. The number of fused-ring (bicyclic) bond motifs is 3. The molecular formula is C91H140N20O19S. The Morgan fingerprint density at radius 1 is 0.435 bits per heavy atom. The number of aliphatic hydroxyl groups is 2. The van der Waals surface area contributed by atoms with Crippen LogP contribution in [0.2, 0.25) is 0 Å². The van der Waals surface area contributed by atoms with Crippen LogP contribution >= 0.6 is 11.8 Å². The fourth-order valence-electron chi connectivity index (χ4n) is 17.7. The van der Waals surface area contributed by atoms with E-state index in [1.807, 2.05) is 0 Å². The Hall–Kier alpha value is -11.4. The number of thioether (sulfide) groups is 1. The summed E-state index contributed by atoms with van der Waals surface area (Å²) in [4.78, 5) is 214. The number of aliphatic carboxylic acids is 1. The van der Waals surface area contributed by atoms with Crippen LogP contribution in [-0.2, 0) is 86.4 Å². The van der Waals surface area contributed by atoms with Crippen molar-refractivity contribution in [3.8, 4) is 11.5 Å². The van der Waals surface area contributed by atoms with Crippen LogP contribution < -0.4 is 88.0 Å². The van der Waals surface area contributed by atoms with Crippen molar-refractivity contribution in [2.24, 2.45) is 67.4 Å². The van der Waals surface area contributed by atoms with Gasteiger partial charge in [0, 0.05) is 63.4 Å². The molecule has 28 N–H and O–H groups in total. The molecule has 13 amide bonds. The number of aliphatic imine (C=N–C) groups is 2. The van der Waals surface area contributed by atoms with E-state index >= 15 is 33.6 Å². The number of carbonyl (C=O) groups is 14. The molecule has 2 bridgehead atoms. The van der Waals surface area contributed by atoms with E-state index < -0.39 is 186 Å². The second-order valence-electron chi connectivity index (χ2n) is 35.6. The molecule has 39 nitrogen and oxygen atoms in total. The molecule has 4 aliphatic rings. The number of aliphatic hydroxyl groups excluding tert-OH is 2. The van der Waals surface area contributed by atoms with Crippen LogP contribution in [0.15, 0.2) is 88.8 Å². The van der Waals surface area contributed by atoms with E-state index in [-0.39, 0.29) is 124 Å². The van der Waals surface area contributed by atoms with Crippen LogP contribution in [0.4, 0.5) is 0 Å². The van der Waals surface area contributed by atoms with E-state index in [0.29, 0.717) is 100 Å². The van der Waals surface area contributed by atoms with Gasteiger partial charge in [0.05, 0.1) is 18.6 Å². The molecule has 7 rings (SSSR count). The average molecular weight is 1850 g/mol. The molecule has 2 aliphatic heterocycles. The number of hydrogen-bond donors (Lipinski definition) is 21. The molecule has 724 valence electrons. The molecule has 40 heteroatoms. The van der Waals surface area contributed by atoms with Crippen molar-refractivity contribution in [3.05, 3.63) is 95.6 Å². The van der Waals surface area contributed by atoms with E-state index in [0.717, 1.165) is 51.4 Å². The summed E-state index contributed by atoms with van der Waals surface area (Å²) in [5.41, 5.74) is 40.8. The third-order valence-corrected chi connectivity index (χ3v) is 27.4. The third kappa shape index (κ3) is 35.0. The zero-order valence-corrected chi connectivity index (χ0v) is 76.5. The summed E-state index contributed by atoms with van der Waals surface area (Å²) < 4.78 is -0.952. The molecule has 2 unspecified atom stereocenters. The first-order valence-corrected chi connectivity index (χ1v) is 46.8. The van der Waals surface area contributed by atoms with Crippen LogP contribution in [0.3, 0.4) is 0 Å². The Kier molecular flexibility index (Phi) is 43.8. The molecule has 2 aliphatic carbocycles. The van der Waals surface area contributed by atoms with Crippen molar-refractivity contribution in [3.63, 3.8) is 0 Å². The summed E-state index contributed by atoms with van der Waals surface area (Å²) in [7, 11) is 2.95. The number of carboxylic acids is 1. The van der Waals surface area contributed by atoms with Crippen molar-refractivity contribution in [1.82, 2.24) is 57.7 Å². The minimum Gasteiger partial charge on any atom is -0.508 e. The highest BCUT2D eigenvalue weighted by Crippen LogP contribution is 2.49. The number of nitrogens with two attached hydrogens (primary N) is 7. The number of phenolic OH excluding ortho intramolecular Hbond substituents is 2. The Balaban J connectivity index is 1.21. The molecule has 0 aromatic heterocycles. The first kappa shape index (κ1) is 107. The van der Waals surface area contributed by atoms with Gasteiger partial charge >= 0.3 is 5.97 Å². The topological polar surface area (TPSA) is 662 Å². The van der Waals surface area contributed by atoms with E-state index in [2.05, 4.69) is 57.8 Å². The number of guanidine groups is 2. The number of aromatic hydroxyl groups is 2. The maximum atomic E-state index is 16.0. The van der Waals surface area contributed by atoms with Gasteiger partial charge in [-0.3, -0.25) is 77.1 Å². The van der Waals surface area contributed by atoms with Gasteiger partial charge in [-0.2, -0.15) is 11.8 Å². The highest BCUT2D eigenvalue weighted by Gasteiger charge is 2.48. The number of nitrogens with zero attached hydrogens (tertiary/aromatic N) is 4.